The molecule has 4 nitrogen and oxygen atoms in total. The Bertz CT molecular complexity index is 534. The molecule has 0 aliphatic carbocycles. The molecule has 2 aromatic rings. The second kappa shape index (κ2) is 6.22. The molecule has 0 unspecified atom stereocenters. The van der Waals surface area contributed by atoms with E-state index < -0.39 is 0 Å². The third kappa shape index (κ3) is 3.24. The van der Waals surface area contributed by atoms with Gasteiger partial charge in [0.2, 0.25) is 0 Å². The molecular formula is C15H16O4. The summed E-state index contributed by atoms with van der Waals surface area (Å²) in [6, 6.07) is 12.4. The summed E-state index contributed by atoms with van der Waals surface area (Å²) in [6.07, 6.45) is 0. The smallest absolute Gasteiger partial charge is 0.169 e. The molecule has 2 rings (SSSR count). The van der Waals surface area contributed by atoms with Gasteiger partial charge >= 0.3 is 0 Å². The van der Waals surface area contributed by atoms with Crippen molar-refractivity contribution in [1.82, 2.24) is 0 Å². The minimum Gasteiger partial charge on any atom is -0.493 e. The lowest BCUT2D eigenvalue weighted by molar-refractivity contribution is 0.280. The molecule has 100 valence electrons. The molecule has 0 atom stereocenters. The van der Waals surface area contributed by atoms with Crippen molar-refractivity contribution < 1.29 is 19.7 Å². The topological polar surface area (TPSA) is 58.9 Å². The van der Waals surface area contributed by atoms with Gasteiger partial charge in [0.05, 0.1) is 20.3 Å². The van der Waals surface area contributed by atoms with Crippen molar-refractivity contribution in [3.8, 4) is 17.2 Å². The van der Waals surface area contributed by atoms with Gasteiger partial charge in [-0.25, -0.2) is 0 Å². The second-order valence-corrected chi connectivity index (χ2v) is 4.05. The summed E-state index contributed by atoms with van der Waals surface area (Å²) in [5.74, 6) is 1.79. The molecule has 19 heavy (non-hydrogen) atoms. The molecule has 0 fully saturated rings. The Balaban J connectivity index is 2.25. The lowest BCUT2D eigenvalue weighted by Gasteiger charge is -2.11. The molecule has 2 aromatic carbocycles. The fourth-order valence-electron chi connectivity index (χ4n) is 1.69. The predicted octanol–water partition coefficient (Wildman–Crippen LogP) is 2.47. The maximum absolute atomic E-state index is 9.14. The molecule has 0 bridgehead atoms. The molecule has 0 aliphatic heterocycles. The van der Waals surface area contributed by atoms with E-state index in [9.17, 15) is 0 Å². The number of methoxy groups -OCH3 is 1. The highest BCUT2D eigenvalue weighted by atomic mass is 16.5. The first-order valence-corrected chi connectivity index (χ1v) is 5.92. The predicted molar refractivity (Wildman–Crippen MR) is 71.4 cm³/mol. The Labute approximate surface area is 111 Å². The van der Waals surface area contributed by atoms with E-state index in [1.165, 1.54) is 0 Å². The first-order valence-electron chi connectivity index (χ1n) is 5.92. The second-order valence-electron chi connectivity index (χ2n) is 4.05. The summed E-state index contributed by atoms with van der Waals surface area (Å²) in [6.45, 7) is -0.0482. The lowest BCUT2D eigenvalue weighted by atomic mass is 10.2. The van der Waals surface area contributed by atoms with Gasteiger partial charge in [-0.1, -0.05) is 18.2 Å². The van der Waals surface area contributed by atoms with Gasteiger partial charge in [-0.2, -0.15) is 0 Å². The minimum absolute atomic E-state index is 0.00357. The van der Waals surface area contributed by atoms with Crippen LogP contribution in [0.15, 0.2) is 42.5 Å². The van der Waals surface area contributed by atoms with Crippen molar-refractivity contribution in [2.24, 2.45) is 0 Å². The van der Waals surface area contributed by atoms with Crippen LogP contribution in [0.25, 0.3) is 0 Å². The maximum Gasteiger partial charge on any atom is 0.169 e. The number of hydrogen-bond acceptors (Lipinski definition) is 4. The van der Waals surface area contributed by atoms with Crippen LogP contribution in [0.2, 0.25) is 0 Å². The Morgan fingerprint density at radius 1 is 0.842 bits per heavy atom. The van der Waals surface area contributed by atoms with Crippen molar-refractivity contribution in [3.63, 3.8) is 0 Å². The molecule has 0 radical (unpaired) electrons. The average molecular weight is 260 g/mol. The van der Waals surface area contributed by atoms with Gasteiger partial charge in [0, 0.05) is 0 Å². The summed E-state index contributed by atoms with van der Waals surface area (Å²) in [4.78, 5) is 0. The van der Waals surface area contributed by atoms with Crippen molar-refractivity contribution in [2.45, 2.75) is 13.2 Å². The van der Waals surface area contributed by atoms with Gasteiger partial charge in [-0.05, 0) is 35.4 Å². The minimum atomic E-state index is -0.0518. The molecule has 0 amide bonds. The summed E-state index contributed by atoms with van der Waals surface area (Å²) in [5, 5.41) is 18.1. The molecule has 0 heterocycles. The van der Waals surface area contributed by atoms with Crippen LogP contribution in [0.3, 0.4) is 0 Å². The van der Waals surface area contributed by atoms with Gasteiger partial charge in [0.15, 0.2) is 11.5 Å². The average Bonchev–Trinajstić information content (AvgIpc) is 2.48. The number of aliphatic hydroxyl groups excluding tert-OH is 2. The zero-order chi connectivity index (χ0) is 13.7. The van der Waals surface area contributed by atoms with E-state index in [-0.39, 0.29) is 13.2 Å². The molecule has 0 saturated heterocycles. The van der Waals surface area contributed by atoms with E-state index in [1.807, 2.05) is 0 Å². The van der Waals surface area contributed by atoms with E-state index in [1.54, 1.807) is 49.6 Å². The van der Waals surface area contributed by atoms with Crippen molar-refractivity contribution in [1.29, 1.82) is 0 Å². The first kappa shape index (κ1) is 13.4. The van der Waals surface area contributed by atoms with E-state index in [4.69, 9.17) is 19.7 Å². The standard InChI is InChI=1S/C15H16O4/c1-18-14-7-4-12(10-17)8-15(14)19-13-5-2-11(9-16)3-6-13/h2-8,16-17H,9-10H2,1H3. The Kier molecular flexibility index (Phi) is 4.39. The first-order chi connectivity index (χ1) is 9.26. The van der Waals surface area contributed by atoms with Gasteiger partial charge in [0.25, 0.3) is 0 Å². The van der Waals surface area contributed by atoms with Crippen LogP contribution in [0.4, 0.5) is 0 Å². The van der Waals surface area contributed by atoms with Gasteiger partial charge in [0.1, 0.15) is 5.75 Å². The van der Waals surface area contributed by atoms with E-state index in [0.717, 1.165) is 11.1 Å². The fraction of sp³-hybridized carbons (Fsp3) is 0.200. The van der Waals surface area contributed by atoms with Crippen LogP contribution in [0, 0.1) is 0 Å². The molecule has 0 spiro atoms. The zero-order valence-electron chi connectivity index (χ0n) is 10.7. The van der Waals surface area contributed by atoms with E-state index in [2.05, 4.69) is 0 Å². The van der Waals surface area contributed by atoms with Crippen LogP contribution in [-0.4, -0.2) is 17.3 Å². The van der Waals surface area contributed by atoms with Crippen LogP contribution in [0.5, 0.6) is 17.2 Å². The highest BCUT2D eigenvalue weighted by Gasteiger charge is 2.07. The Morgan fingerprint density at radius 3 is 2.05 bits per heavy atom. The van der Waals surface area contributed by atoms with E-state index >= 15 is 0 Å². The molecule has 0 aromatic heterocycles. The SMILES string of the molecule is COc1ccc(CO)cc1Oc1ccc(CO)cc1. The van der Waals surface area contributed by atoms with Crippen LogP contribution < -0.4 is 9.47 Å². The quantitative estimate of drug-likeness (QED) is 0.867. The van der Waals surface area contributed by atoms with Gasteiger partial charge in [-0.15, -0.1) is 0 Å². The third-order valence-corrected chi connectivity index (χ3v) is 2.74. The Morgan fingerprint density at radius 2 is 1.47 bits per heavy atom. The number of hydrogen-bond donors (Lipinski definition) is 2. The van der Waals surface area contributed by atoms with Gasteiger partial charge in [-0.3, -0.25) is 0 Å². The summed E-state index contributed by atoms with van der Waals surface area (Å²) in [7, 11) is 1.57. The number of rotatable bonds is 5. The highest BCUT2D eigenvalue weighted by Crippen LogP contribution is 2.32. The van der Waals surface area contributed by atoms with Crippen molar-refractivity contribution in [2.75, 3.05) is 7.11 Å². The number of ether oxygens (including phenoxy) is 2. The lowest BCUT2D eigenvalue weighted by Crippen LogP contribution is -1.93. The van der Waals surface area contributed by atoms with Crippen LogP contribution >= 0.6 is 0 Å². The maximum atomic E-state index is 9.14. The Hall–Kier alpha value is -2.04. The summed E-state index contributed by atoms with van der Waals surface area (Å²) >= 11 is 0. The van der Waals surface area contributed by atoms with Crippen molar-refractivity contribution >= 4 is 0 Å². The summed E-state index contributed by atoms with van der Waals surface area (Å²) < 4.78 is 10.9. The molecular weight excluding hydrogens is 244 g/mol. The van der Waals surface area contributed by atoms with Crippen molar-refractivity contribution in [3.05, 3.63) is 53.6 Å². The fourth-order valence-corrected chi connectivity index (χ4v) is 1.69. The molecule has 4 heteroatoms. The molecule has 0 saturated carbocycles. The molecule has 2 N–H and O–H groups in total. The van der Waals surface area contributed by atoms with Crippen LogP contribution in [-0.2, 0) is 13.2 Å². The van der Waals surface area contributed by atoms with Gasteiger partial charge < -0.3 is 19.7 Å². The zero-order valence-corrected chi connectivity index (χ0v) is 10.7. The normalized spacial score (nSPS) is 10.3. The molecule has 0 aliphatic rings. The highest BCUT2D eigenvalue weighted by molar-refractivity contribution is 5.45. The van der Waals surface area contributed by atoms with Crippen LogP contribution in [0.1, 0.15) is 11.1 Å². The third-order valence-electron chi connectivity index (χ3n) is 2.74. The largest absolute Gasteiger partial charge is 0.493 e. The number of benzene rings is 2. The number of aliphatic hydroxyl groups is 2. The van der Waals surface area contributed by atoms with E-state index in [0.29, 0.717) is 17.2 Å². The summed E-state index contributed by atoms with van der Waals surface area (Å²) in [5.41, 5.74) is 1.58. The monoisotopic (exact) mass is 260 g/mol.